The Bertz CT molecular complexity index is 1470. The second kappa shape index (κ2) is 14.7. The van der Waals surface area contributed by atoms with Crippen molar-refractivity contribution < 1.29 is 71.4 Å². The van der Waals surface area contributed by atoms with Crippen molar-refractivity contribution in [1.82, 2.24) is 9.97 Å². The summed E-state index contributed by atoms with van der Waals surface area (Å²) in [6, 6.07) is 33.0. The first-order valence-corrected chi connectivity index (χ1v) is 16.0. The molecule has 0 saturated carbocycles. The van der Waals surface area contributed by atoms with Crippen LogP contribution in [-0.2, 0) is 21.1 Å². The second-order valence-corrected chi connectivity index (χ2v) is 12.3. The van der Waals surface area contributed by atoms with Gasteiger partial charge in [0.25, 0.3) is 0 Å². The Balaban J connectivity index is 0.000000572. The standard InChI is InChI=1S/C14H10.C10H8N2.C2H8N2.2F6P.Pt/c1-3-7-13-11(5-1)9-10-12-6-2-4-8-14(12)13;1-3-7-11-9(5-1)10-6-2-4-8-12-10;3-1-2-4;2*1-7(2,3,4,5)6;/h1-10H;1-8H;1-4H2;;;/q;;;2*-1;+4. The van der Waals surface area contributed by atoms with Crippen LogP contribution in [0, 0.1) is 0 Å². The van der Waals surface area contributed by atoms with E-state index in [0.717, 1.165) is 11.4 Å². The van der Waals surface area contributed by atoms with E-state index >= 15 is 0 Å². The van der Waals surface area contributed by atoms with Crippen molar-refractivity contribution in [2.45, 2.75) is 0 Å². The SMILES string of the molecule is F[P-](F)(F)(F)(F)F.F[P-](F)(F)(F)(F)F.NCCN.[Pt+4].c1ccc(-c2ccccn2)nc1.c1ccc2c(c1)ccc1ccccc12. The fraction of sp³-hybridized carbons (Fsp3) is 0.0769. The molecule has 0 spiro atoms. The van der Waals surface area contributed by atoms with Crippen LogP contribution in [0.1, 0.15) is 0 Å². The molecule has 19 heteroatoms. The molecule has 2 aromatic heterocycles. The minimum Gasteiger partial charge on any atom is -0.329 e. The minimum atomic E-state index is -10.7. The van der Waals surface area contributed by atoms with Crippen molar-refractivity contribution in [3.8, 4) is 11.4 Å². The number of rotatable bonds is 2. The van der Waals surface area contributed by atoms with Gasteiger partial charge in [0.05, 0.1) is 11.4 Å². The number of pyridine rings is 2. The molecule has 4 N–H and O–H groups in total. The van der Waals surface area contributed by atoms with E-state index in [9.17, 15) is 50.4 Å². The maximum atomic E-state index is 9.87. The summed E-state index contributed by atoms with van der Waals surface area (Å²) in [5, 5.41) is 5.30. The molecule has 252 valence electrons. The maximum absolute atomic E-state index is 10.7. The smallest absolute Gasteiger partial charge is 0.329 e. The quantitative estimate of drug-likeness (QED) is 0.105. The van der Waals surface area contributed by atoms with E-state index in [1.165, 1.54) is 21.5 Å². The third kappa shape index (κ3) is 26.1. The van der Waals surface area contributed by atoms with Crippen molar-refractivity contribution in [3.05, 3.63) is 109 Å². The number of hydrogen-bond donors (Lipinski definition) is 2. The Kier molecular flexibility index (Phi) is 13.7. The molecule has 0 aliphatic rings. The van der Waals surface area contributed by atoms with Gasteiger partial charge in [-0.2, -0.15) is 0 Å². The monoisotopic (exact) mass is 879 g/mol. The second-order valence-electron chi connectivity index (χ2n) is 8.43. The normalized spacial score (nSPS) is 13.8. The molecule has 45 heavy (non-hydrogen) atoms. The summed E-state index contributed by atoms with van der Waals surface area (Å²) in [4.78, 5) is 8.37. The Labute approximate surface area is 263 Å². The van der Waals surface area contributed by atoms with Crippen LogP contribution in [0.4, 0.5) is 50.4 Å². The average Bonchev–Trinajstić information content (AvgIpc) is 2.91. The molecule has 3 aromatic carbocycles. The van der Waals surface area contributed by atoms with Gasteiger partial charge in [0.15, 0.2) is 0 Å². The van der Waals surface area contributed by atoms with Crippen molar-refractivity contribution in [2.24, 2.45) is 11.5 Å². The predicted octanol–water partition coefficient (Wildman–Crippen LogP) is 11.8. The number of halogens is 12. The van der Waals surface area contributed by atoms with E-state index in [-0.39, 0.29) is 21.1 Å². The number of benzene rings is 3. The topological polar surface area (TPSA) is 77.8 Å². The van der Waals surface area contributed by atoms with Crippen LogP contribution in [0.25, 0.3) is 32.9 Å². The molecule has 0 bridgehead atoms. The number of hydrogen-bond acceptors (Lipinski definition) is 4. The number of aromatic nitrogens is 2. The first kappa shape index (κ1) is 42.1. The predicted molar refractivity (Wildman–Crippen MR) is 154 cm³/mol. The van der Waals surface area contributed by atoms with E-state index < -0.39 is 15.6 Å². The van der Waals surface area contributed by atoms with Crippen LogP contribution in [0.2, 0.25) is 0 Å². The fourth-order valence-electron chi connectivity index (χ4n) is 2.98. The molecule has 0 aliphatic carbocycles. The Morgan fingerprint density at radius 3 is 0.933 bits per heavy atom. The fourth-order valence-corrected chi connectivity index (χ4v) is 2.98. The Morgan fingerprint density at radius 1 is 0.422 bits per heavy atom. The van der Waals surface area contributed by atoms with Gasteiger partial charge in [0.2, 0.25) is 0 Å². The van der Waals surface area contributed by atoms with Gasteiger partial charge in [-0.25, -0.2) is 0 Å². The molecule has 5 rings (SSSR count). The third-order valence-electron chi connectivity index (χ3n) is 4.41. The van der Waals surface area contributed by atoms with Crippen LogP contribution in [0.5, 0.6) is 0 Å². The van der Waals surface area contributed by atoms with Gasteiger partial charge in [0, 0.05) is 25.5 Å². The molecule has 0 atom stereocenters. The van der Waals surface area contributed by atoms with E-state index in [2.05, 4.69) is 70.6 Å². The molecule has 4 nitrogen and oxygen atoms in total. The molecule has 0 aliphatic heterocycles. The van der Waals surface area contributed by atoms with E-state index in [1.54, 1.807) is 12.4 Å². The van der Waals surface area contributed by atoms with Crippen molar-refractivity contribution >= 4 is 37.2 Å². The zero-order chi connectivity index (χ0) is 33.8. The van der Waals surface area contributed by atoms with Crippen LogP contribution >= 0.6 is 15.6 Å². The number of fused-ring (bicyclic) bond motifs is 3. The molecule has 0 saturated heterocycles. The molecular formula is C26H26F12N4P2Pt+2. The van der Waals surface area contributed by atoms with Gasteiger partial charge in [-0.05, 0) is 45.8 Å². The van der Waals surface area contributed by atoms with Gasteiger partial charge in [-0.15, -0.1) is 0 Å². The molecule has 0 radical (unpaired) electrons. The van der Waals surface area contributed by atoms with Crippen molar-refractivity contribution in [3.63, 3.8) is 0 Å². The average molecular weight is 880 g/mol. The summed E-state index contributed by atoms with van der Waals surface area (Å²) in [5.74, 6) is 0. The maximum Gasteiger partial charge on any atom is 4.00 e. The van der Waals surface area contributed by atoms with Gasteiger partial charge in [-0.1, -0.05) is 72.8 Å². The number of nitrogens with zero attached hydrogens (tertiary/aromatic N) is 2. The minimum absolute atomic E-state index is 0. The summed E-state index contributed by atoms with van der Waals surface area (Å²) < 4.78 is 118. The van der Waals surface area contributed by atoms with E-state index in [1.807, 2.05) is 36.4 Å². The summed E-state index contributed by atoms with van der Waals surface area (Å²) in [5.41, 5.74) is 11.6. The van der Waals surface area contributed by atoms with Crippen LogP contribution in [0.3, 0.4) is 0 Å². The zero-order valence-electron chi connectivity index (χ0n) is 22.6. The Hall–Kier alpha value is -2.89. The van der Waals surface area contributed by atoms with E-state index in [4.69, 9.17) is 11.5 Å². The Morgan fingerprint density at radius 2 is 0.689 bits per heavy atom. The van der Waals surface area contributed by atoms with Gasteiger partial charge in [-0.3, -0.25) is 9.97 Å². The van der Waals surface area contributed by atoms with Crippen LogP contribution in [0.15, 0.2) is 109 Å². The molecule has 0 fully saturated rings. The molecule has 2 heterocycles. The molecule has 0 unspecified atom stereocenters. The summed E-state index contributed by atoms with van der Waals surface area (Å²) >= 11 is 0. The molecular weight excluding hydrogens is 853 g/mol. The van der Waals surface area contributed by atoms with Gasteiger partial charge >= 0.3 is 87.0 Å². The van der Waals surface area contributed by atoms with E-state index in [0.29, 0.717) is 13.1 Å². The van der Waals surface area contributed by atoms with Crippen molar-refractivity contribution in [2.75, 3.05) is 13.1 Å². The summed E-state index contributed by atoms with van der Waals surface area (Å²) in [7, 11) is -21.3. The summed E-state index contributed by atoms with van der Waals surface area (Å²) in [6.07, 6.45) is 3.54. The molecule has 0 amide bonds. The first-order chi connectivity index (χ1) is 19.7. The van der Waals surface area contributed by atoms with Gasteiger partial charge < -0.3 is 11.5 Å². The zero-order valence-corrected chi connectivity index (χ0v) is 26.7. The molecule has 5 aromatic rings. The largest absolute Gasteiger partial charge is 4.00 e. The van der Waals surface area contributed by atoms with Crippen LogP contribution in [-0.4, -0.2) is 23.1 Å². The summed E-state index contributed by atoms with van der Waals surface area (Å²) in [6.45, 7) is 1.19. The first-order valence-electron chi connectivity index (χ1n) is 12.0. The third-order valence-corrected chi connectivity index (χ3v) is 4.41. The van der Waals surface area contributed by atoms with Gasteiger partial charge in [0.1, 0.15) is 0 Å². The van der Waals surface area contributed by atoms with Crippen molar-refractivity contribution in [1.29, 1.82) is 0 Å². The van der Waals surface area contributed by atoms with Crippen LogP contribution < -0.4 is 11.5 Å². The number of nitrogens with two attached hydrogens (primary N) is 2.